The topological polar surface area (TPSA) is 12.9 Å². The van der Waals surface area contributed by atoms with E-state index in [-0.39, 0.29) is 11.6 Å². The van der Waals surface area contributed by atoms with Gasteiger partial charge in [0.15, 0.2) is 0 Å². The molecule has 0 unspecified atom stereocenters. The molecule has 0 aliphatic carbocycles. The third kappa shape index (κ3) is 2.53. The van der Waals surface area contributed by atoms with Gasteiger partial charge in [0.2, 0.25) is 0 Å². The van der Waals surface area contributed by atoms with E-state index < -0.39 is 0 Å². The second-order valence-electron chi connectivity index (χ2n) is 4.06. The Bertz CT molecular complexity index is 704. The van der Waals surface area contributed by atoms with E-state index in [2.05, 4.69) is 4.98 Å². The molecule has 0 amide bonds. The van der Waals surface area contributed by atoms with Crippen LogP contribution in [0.3, 0.4) is 0 Å². The van der Waals surface area contributed by atoms with Crippen LogP contribution in [-0.4, -0.2) is 4.98 Å². The second-order valence-corrected chi connectivity index (χ2v) is 4.91. The quantitative estimate of drug-likeness (QED) is 0.656. The predicted molar refractivity (Wildman–Crippen MR) is 72.9 cm³/mol. The molecule has 0 N–H and O–H groups in total. The van der Waals surface area contributed by atoms with Gasteiger partial charge in [-0.1, -0.05) is 12.1 Å². The molecule has 0 saturated carbocycles. The van der Waals surface area contributed by atoms with Crippen molar-refractivity contribution in [2.75, 3.05) is 0 Å². The van der Waals surface area contributed by atoms with E-state index in [1.54, 1.807) is 18.2 Å². The maximum absolute atomic E-state index is 13.2. The molecule has 0 atom stereocenters. The summed E-state index contributed by atoms with van der Waals surface area (Å²) in [6.07, 6.45) is 0. The Morgan fingerprint density at radius 2 is 1.63 bits per heavy atom. The van der Waals surface area contributed by atoms with E-state index in [1.807, 2.05) is 11.4 Å². The van der Waals surface area contributed by atoms with Gasteiger partial charge in [-0.2, -0.15) is 0 Å². The summed E-state index contributed by atoms with van der Waals surface area (Å²) in [4.78, 5) is 4.45. The van der Waals surface area contributed by atoms with Crippen molar-refractivity contribution in [3.63, 3.8) is 0 Å². The fraction of sp³-hybridized carbons (Fsp3) is 0. The molecule has 0 saturated heterocycles. The van der Waals surface area contributed by atoms with Gasteiger partial charge in [-0.15, -0.1) is 11.3 Å². The van der Waals surface area contributed by atoms with Crippen molar-refractivity contribution in [3.05, 3.63) is 65.5 Å². The van der Waals surface area contributed by atoms with E-state index in [1.165, 1.54) is 35.6 Å². The molecule has 0 aliphatic rings. The van der Waals surface area contributed by atoms with Crippen LogP contribution >= 0.6 is 11.3 Å². The molecule has 0 fully saturated rings. The summed E-state index contributed by atoms with van der Waals surface area (Å²) >= 11 is 1.45. The Balaban J connectivity index is 1.97. The lowest BCUT2D eigenvalue weighted by Crippen LogP contribution is -1.81. The highest BCUT2D eigenvalue weighted by Crippen LogP contribution is 2.29. The van der Waals surface area contributed by atoms with Crippen molar-refractivity contribution in [3.8, 4) is 21.8 Å². The summed E-state index contributed by atoms with van der Waals surface area (Å²) in [7, 11) is 0. The van der Waals surface area contributed by atoms with Crippen molar-refractivity contribution in [1.82, 2.24) is 4.98 Å². The van der Waals surface area contributed by atoms with Crippen LogP contribution in [0.1, 0.15) is 0 Å². The van der Waals surface area contributed by atoms with Gasteiger partial charge in [0.25, 0.3) is 0 Å². The molecular formula is C15H9F2NS. The third-order valence-electron chi connectivity index (χ3n) is 2.72. The maximum Gasteiger partial charge on any atom is 0.124 e. The highest BCUT2D eigenvalue weighted by Gasteiger charge is 2.07. The van der Waals surface area contributed by atoms with E-state index >= 15 is 0 Å². The van der Waals surface area contributed by atoms with E-state index in [4.69, 9.17) is 0 Å². The zero-order chi connectivity index (χ0) is 13.2. The molecule has 4 heteroatoms. The highest BCUT2D eigenvalue weighted by molar-refractivity contribution is 7.13. The molecule has 0 aliphatic heterocycles. The number of rotatable bonds is 2. The first kappa shape index (κ1) is 12.0. The van der Waals surface area contributed by atoms with Crippen LogP contribution < -0.4 is 0 Å². The first-order valence-electron chi connectivity index (χ1n) is 5.70. The van der Waals surface area contributed by atoms with Crippen LogP contribution in [0.4, 0.5) is 8.78 Å². The Kier molecular flexibility index (Phi) is 3.09. The molecule has 1 nitrogen and oxygen atoms in total. The lowest BCUT2D eigenvalue weighted by molar-refractivity contribution is 0.627. The smallest absolute Gasteiger partial charge is 0.124 e. The normalized spacial score (nSPS) is 10.6. The summed E-state index contributed by atoms with van der Waals surface area (Å²) in [5, 5.41) is 2.66. The number of thiazole rings is 1. The average Bonchev–Trinajstić information content (AvgIpc) is 2.89. The zero-order valence-electron chi connectivity index (χ0n) is 9.81. The fourth-order valence-electron chi connectivity index (χ4n) is 1.78. The molecule has 0 radical (unpaired) electrons. The van der Waals surface area contributed by atoms with Crippen molar-refractivity contribution in [2.45, 2.75) is 0 Å². The van der Waals surface area contributed by atoms with Crippen LogP contribution in [0.25, 0.3) is 21.8 Å². The monoisotopic (exact) mass is 273 g/mol. The average molecular weight is 273 g/mol. The lowest BCUT2D eigenvalue weighted by atomic mass is 10.2. The summed E-state index contributed by atoms with van der Waals surface area (Å²) in [5.41, 5.74) is 2.32. The Morgan fingerprint density at radius 3 is 2.37 bits per heavy atom. The molecule has 3 aromatic rings. The summed E-state index contributed by atoms with van der Waals surface area (Å²) in [6, 6.07) is 12.5. The predicted octanol–water partition coefficient (Wildman–Crippen LogP) is 4.76. The first-order chi connectivity index (χ1) is 9.22. The van der Waals surface area contributed by atoms with Crippen LogP contribution in [0.5, 0.6) is 0 Å². The van der Waals surface area contributed by atoms with Crippen LogP contribution in [0, 0.1) is 11.6 Å². The first-order valence-corrected chi connectivity index (χ1v) is 6.58. The standard InChI is InChI=1S/C15H9F2NS/c16-12-6-4-10(5-7-12)15-18-14(9-19-15)11-2-1-3-13(17)8-11/h1-9H. The number of hydrogen-bond acceptors (Lipinski definition) is 2. The minimum absolute atomic E-state index is 0.273. The van der Waals surface area contributed by atoms with E-state index in [9.17, 15) is 8.78 Å². The molecule has 0 bridgehead atoms. The van der Waals surface area contributed by atoms with Crippen LogP contribution in [0.15, 0.2) is 53.9 Å². The van der Waals surface area contributed by atoms with E-state index in [0.717, 1.165) is 21.8 Å². The van der Waals surface area contributed by atoms with Gasteiger partial charge >= 0.3 is 0 Å². The molecule has 1 aromatic heterocycles. The second kappa shape index (κ2) is 4.90. The van der Waals surface area contributed by atoms with Crippen LogP contribution in [-0.2, 0) is 0 Å². The van der Waals surface area contributed by atoms with Crippen LogP contribution in [0.2, 0.25) is 0 Å². The van der Waals surface area contributed by atoms with Crippen molar-refractivity contribution >= 4 is 11.3 Å². The number of halogens is 2. The Hall–Kier alpha value is -2.07. The highest BCUT2D eigenvalue weighted by atomic mass is 32.1. The maximum atomic E-state index is 13.2. The largest absolute Gasteiger partial charge is 0.236 e. The molecule has 94 valence electrons. The molecule has 0 spiro atoms. The molecule has 1 heterocycles. The van der Waals surface area contributed by atoms with Gasteiger partial charge in [0.05, 0.1) is 5.69 Å². The third-order valence-corrected chi connectivity index (χ3v) is 3.61. The van der Waals surface area contributed by atoms with Gasteiger partial charge in [-0.05, 0) is 36.4 Å². The number of aromatic nitrogens is 1. The van der Waals surface area contributed by atoms with Gasteiger partial charge in [-0.3, -0.25) is 0 Å². The molecule has 2 aromatic carbocycles. The Labute approximate surface area is 113 Å². The number of benzene rings is 2. The van der Waals surface area contributed by atoms with Gasteiger partial charge < -0.3 is 0 Å². The number of hydrogen-bond donors (Lipinski definition) is 0. The van der Waals surface area contributed by atoms with E-state index in [0.29, 0.717) is 0 Å². The minimum atomic E-state index is -0.283. The molecule has 3 rings (SSSR count). The molecule has 19 heavy (non-hydrogen) atoms. The number of nitrogens with zero attached hydrogens (tertiary/aromatic N) is 1. The van der Waals surface area contributed by atoms with Crippen molar-refractivity contribution in [2.24, 2.45) is 0 Å². The van der Waals surface area contributed by atoms with Crippen molar-refractivity contribution < 1.29 is 8.78 Å². The van der Waals surface area contributed by atoms with Gasteiger partial charge in [-0.25, -0.2) is 13.8 Å². The fourth-order valence-corrected chi connectivity index (χ4v) is 2.61. The summed E-state index contributed by atoms with van der Waals surface area (Å²) in [5.74, 6) is -0.556. The zero-order valence-corrected chi connectivity index (χ0v) is 10.6. The summed E-state index contributed by atoms with van der Waals surface area (Å²) in [6.45, 7) is 0. The van der Waals surface area contributed by atoms with Gasteiger partial charge in [0.1, 0.15) is 16.6 Å². The van der Waals surface area contributed by atoms with Gasteiger partial charge in [0, 0.05) is 16.5 Å². The minimum Gasteiger partial charge on any atom is -0.236 e. The lowest BCUT2D eigenvalue weighted by Gasteiger charge is -1.97. The molecular weight excluding hydrogens is 264 g/mol. The summed E-state index contributed by atoms with van der Waals surface area (Å²) < 4.78 is 26.0. The SMILES string of the molecule is Fc1ccc(-c2nc(-c3cccc(F)c3)cs2)cc1. The Morgan fingerprint density at radius 1 is 0.842 bits per heavy atom. The van der Waals surface area contributed by atoms with Crippen molar-refractivity contribution in [1.29, 1.82) is 0 Å².